The van der Waals surface area contributed by atoms with Gasteiger partial charge in [-0.3, -0.25) is 0 Å². The van der Waals surface area contributed by atoms with Crippen molar-refractivity contribution in [1.82, 2.24) is 0 Å². The molecular formula is C24H28N2O3. The van der Waals surface area contributed by atoms with E-state index in [0.717, 1.165) is 18.4 Å². The van der Waals surface area contributed by atoms with E-state index in [0.29, 0.717) is 17.3 Å². The van der Waals surface area contributed by atoms with Crippen molar-refractivity contribution in [3.63, 3.8) is 0 Å². The molecule has 2 aliphatic carbocycles. The maximum absolute atomic E-state index is 13.4. The van der Waals surface area contributed by atoms with E-state index in [9.17, 15) is 10.1 Å². The molecular weight excluding hydrogens is 364 g/mol. The Bertz CT molecular complexity index is 951. The molecule has 1 heterocycles. The average molecular weight is 392 g/mol. The molecule has 152 valence electrons. The summed E-state index contributed by atoms with van der Waals surface area (Å²) in [5, 5.41) is 9.71. The number of benzene rings is 1. The highest BCUT2D eigenvalue weighted by Gasteiger charge is 2.62. The fourth-order valence-corrected chi connectivity index (χ4v) is 5.66. The molecule has 5 nitrogen and oxygen atoms in total. The van der Waals surface area contributed by atoms with Gasteiger partial charge in [0.1, 0.15) is 23.5 Å². The number of rotatable bonds is 3. The van der Waals surface area contributed by atoms with Gasteiger partial charge in [-0.05, 0) is 42.6 Å². The van der Waals surface area contributed by atoms with Gasteiger partial charge in [-0.15, -0.1) is 0 Å². The van der Waals surface area contributed by atoms with Crippen LogP contribution in [0.15, 0.2) is 53.1 Å². The number of hydrogen-bond donors (Lipinski definition) is 1. The van der Waals surface area contributed by atoms with Gasteiger partial charge in [0.15, 0.2) is 0 Å². The van der Waals surface area contributed by atoms with E-state index >= 15 is 0 Å². The standard InChI is InChI=1S/C24H28N2O3/c1-14-19(20(15-8-6-5-7-9-15)16(13-25)21(26)28-14)22(27)29-18-12-24(4)11-10-17(18)23(24,2)3/h5-9,17-18,20H,10-12,26H2,1-4H3/t17-,18-,20?,24-/m1/s1. The van der Waals surface area contributed by atoms with Crippen molar-refractivity contribution in [3.8, 4) is 6.07 Å². The maximum Gasteiger partial charge on any atom is 0.338 e. The minimum atomic E-state index is -0.579. The number of nitrogens with two attached hydrogens (primary N) is 1. The van der Waals surface area contributed by atoms with Gasteiger partial charge in [-0.1, -0.05) is 51.1 Å². The Kier molecular flexibility index (Phi) is 4.49. The number of carbonyl (C=O) groups is 1. The molecule has 4 atom stereocenters. The number of carbonyl (C=O) groups excluding carboxylic acids is 1. The van der Waals surface area contributed by atoms with Crippen molar-refractivity contribution in [2.24, 2.45) is 22.5 Å². The molecule has 1 aliphatic heterocycles. The van der Waals surface area contributed by atoms with Crippen LogP contribution in [0.5, 0.6) is 0 Å². The van der Waals surface area contributed by atoms with E-state index < -0.39 is 11.9 Å². The molecule has 2 N–H and O–H groups in total. The third kappa shape index (κ3) is 2.85. The van der Waals surface area contributed by atoms with Crippen molar-refractivity contribution in [2.75, 3.05) is 0 Å². The second kappa shape index (κ2) is 6.66. The molecule has 0 amide bonds. The van der Waals surface area contributed by atoms with Crippen LogP contribution in [0.25, 0.3) is 0 Å². The van der Waals surface area contributed by atoms with Crippen molar-refractivity contribution in [1.29, 1.82) is 5.26 Å². The highest BCUT2D eigenvalue weighted by molar-refractivity contribution is 5.92. The predicted octanol–water partition coefficient (Wildman–Crippen LogP) is 4.53. The molecule has 4 rings (SSSR count). The van der Waals surface area contributed by atoms with E-state index in [1.807, 2.05) is 30.3 Å². The van der Waals surface area contributed by atoms with Crippen LogP contribution in [0.3, 0.4) is 0 Å². The quantitative estimate of drug-likeness (QED) is 0.764. The molecule has 0 spiro atoms. The van der Waals surface area contributed by atoms with Crippen molar-refractivity contribution >= 4 is 5.97 Å². The van der Waals surface area contributed by atoms with E-state index in [1.165, 1.54) is 6.42 Å². The van der Waals surface area contributed by atoms with Crippen molar-refractivity contribution < 1.29 is 14.3 Å². The van der Waals surface area contributed by atoms with Crippen LogP contribution < -0.4 is 5.73 Å². The number of fused-ring (bicyclic) bond motifs is 2. The van der Waals surface area contributed by atoms with Gasteiger partial charge >= 0.3 is 5.97 Å². The first-order chi connectivity index (χ1) is 13.7. The topological polar surface area (TPSA) is 85.3 Å². The van der Waals surface area contributed by atoms with Crippen LogP contribution in [-0.4, -0.2) is 12.1 Å². The molecule has 2 fully saturated rings. The second-order valence-corrected chi connectivity index (χ2v) is 9.38. The zero-order chi connectivity index (χ0) is 21.0. The van der Waals surface area contributed by atoms with Crippen LogP contribution in [0, 0.1) is 28.1 Å². The SMILES string of the molecule is CC1=C(C(=O)O[C@@H]2C[C@@]3(C)CC[C@H]2C3(C)C)C(c2ccccc2)C(C#N)=C(N)O1. The Morgan fingerprint density at radius 2 is 1.97 bits per heavy atom. The minimum absolute atomic E-state index is 0.0453. The van der Waals surface area contributed by atoms with Crippen LogP contribution in [0.4, 0.5) is 0 Å². The lowest BCUT2D eigenvalue weighted by Crippen LogP contribution is -2.31. The van der Waals surface area contributed by atoms with E-state index in [2.05, 4.69) is 26.8 Å². The molecule has 1 aromatic rings. The minimum Gasteiger partial charge on any atom is -0.459 e. The molecule has 0 saturated heterocycles. The predicted molar refractivity (Wildman–Crippen MR) is 109 cm³/mol. The Balaban J connectivity index is 1.67. The summed E-state index contributed by atoms with van der Waals surface area (Å²) in [6, 6.07) is 11.6. The fraction of sp³-hybridized carbons (Fsp3) is 0.500. The first-order valence-electron chi connectivity index (χ1n) is 10.2. The van der Waals surface area contributed by atoms with E-state index in [4.69, 9.17) is 15.2 Å². The van der Waals surface area contributed by atoms with E-state index in [-0.39, 0.29) is 28.4 Å². The molecule has 5 heteroatoms. The summed E-state index contributed by atoms with van der Waals surface area (Å²) in [7, 11) is 0. The maximum atomic E-state index is 13.4. The van der Waals surface area contributed by atoms with Gasteiger partial charge in [0.25, 0.3) is 0 Å². The molecule has 1 unspecified atom stereocenters. The lowest BCUT2D eigenvalue weighted by molar-refractivity contribution is -0.148. The Labute approximate surface area is 172 Å². The molecule has 2 saturated carbocycles. The average Bonchev–Trinajstić information content (AvgIpc) is 3.00. The molecule has 0 radical (unpaired) electrons. The first kappa shape index (κ1) is 19.6. The Morgan fingerprint density at radius 3 is 2.52 bits per heavy atom. The van der Waals surface area contributed by atoms with Gasteiger partial charge in [0.2, 0.25) is 5.88 Å². The Morgan fingerprint density at radius 1 is 1.28 bits per heavy atom. The monoisotopic (exact) mass is 392 g/mol. The van der Waals surface area contributed by atoms with Crippen LogP contribution in [-0.2, 0) is 14.3 Å². The van der Waals surface area contributed by atoms with Gasteiger partial charge in [0.05, 0.1) is 11.5 Å². The van der Waals surface area contributed by atoms with Gasteiger partial charge in [-0.25, -0.2) is 4.79 Å². The largest absolute Gasteiger partial charge is 0.459 e. The summed E-state index contributed by atoms with van der Waals surface area (Å²) in [5.74, 6) is -0.191. The second-order valence-electron chi connectivity index (χ2n) is 9.38. The summed E-state index contributed by atoms with van der Waals surface area (Å²) < 4.78 is 11.7. The van der Waals surface area contributed by atoms with Crippen LogP contribution >= 0.6 is 0 Å². The number of allylic oxidation sites excluding steroid dienone is 2. The van der Waals surface area contributed by atoms with E-state index in [1.54, 1.807) is 6.92 Å². The van der Waals surface area contributed by atoms with Crippen LogP contribution in [0.1, 0.15) is 58.4 Å². The summed E-state index contributed by atoms with van der Waals surface area (Å²) in [6.07, 6.45) is 3.02. The lowest BCUT2D eigenvalue weighted by atomic mass is 9.71. The molecule has 1 aromatic carbocycles. The molecule has 0 aromatic heterocycles. The normalized spacial score (nSPS) is 32.7. The molecule has 2 bridgehead atoms. The van der Waals surface area contributed by atoms with Gasteiger partial charge in [-0.2, -0.15) is 5.26 Å². The summed E-state index contributed by atoms with van der Waals surface area (Å²) in [5.41, 5.74) is 7.75. The third-order valence-corrected chi connectivity index (χ3v) is 7.81. The zero-order valence-electron chi connectivity index (χ0n) is 17.5. The number of hydrogen-bond acceptors (Lipinski definition) is 5. The zero-order valence-corrected chi connectivity index (χ0v) is 17.5. The smallest absolute Gasteiger partial charge is 0.338 e. The van der Waals surface area contributed by atoms with Crippen molar-refractivity contribution in [2.45, 2.75) is 59.0 Å². The highest BCUT2D eigenvalue weighted by Crippen LogP contribution is 2.66. The number of ether oxygens (including phenoxy) is 2. The fourth-order valence-electron chi connectivity index (χ4n) is 5.66. The molecule has 3 aliphatic rings. The number of nitrogens with zero attached hydrogens (tertiary/aromatic N) is 1. The number of esters is 1. The summed E-state index contributed by atoms with van der Waals surface area (Å²) in [6.45, 7) is 8.59. The summed E-state index contributed by atoms with van der Waals surface area (Å²) >= 11 is 0. The van der Waals surface area contributed by atoms with Gasteiger partial charge < -0.3 is 15.2 Å². The third-order valence-electron chi connectivity index (χ3n) is 7.81. The van der Waals surface area contributed by atoms with Gasteiger partial charge in [0, 0.05) is 5.92 Å². The van der Waals surface area contributed by atoms with Crippen molar-refractivity contribution in [3.05, 3.63) is 58.7 Å². The molecule has 29 heavy (non-hydrogen) atoms. The highest BCUT2D eigenvalue weighted by atomic mass is 16.5. The lowest BCUT2D eigenvalue weighted by Gasteiger charge is -2.33. The number of nitriles is 1. The van der Waals surface area contributed by atoms with Crippen LogP contribution in [0.2, 0.25) is 0 Å². The Hall–Kier alpha value is -2.74. The first-order valence-corrected chi connectivity index (χ1v) is 10.2. The summed E-state index contributed by atoms with van der Waals surface area (Å²) in [4.78, 5) is 13.4.